The number of carboxylic acid groups (broad SMARTS) is 1. The summed E-state index contributed by atoms with van der Waals surface area (Å²) in [6.45, 7) is 5.76. The highest BCUT2D eigenvalue weighted by Crippen LogP contribution is 2.33. The number of aryl methyl sites for hydroxylation is 1. The predicted octanol–water partition coefficient (Wildman–Crippen LogP) is 2.44. The minimum Gasteiger partial charge on any atom is -0.481 e. The summed E-state index contributed by atoms with van der Waals surface area (Å²) in [5, 5.41) is 18.2. The van der Waals surface area contributed by atoms with E-state index in [4.69, 9.17) is 22.6 Å². The molecule has 0 atom stereocenters. The Morgan fingerprint density at radius 3 is 2.62 bits per heavy atom. The van der Waals surface area contributed by atoms with Gasteiger partial charge in [0.2, 0.25) is 0 Å². The van der Waals surface area contributed by atoms with Crippen molar-refractivity contribution >= 4 is 34.9 Å². The van der Waals surface area contributed by atoms with Crippen LogP contribution in [0, 0.1) is 18.3 Å². The molecule has 6 nitrogen and oxygen atoms in total. The van der Waals surface area contributed by atoms with Crippen molar-refractivity contribution in [2.24, 2.45) is 0 Å². The van der Waals surface area contributed by atoms with E-state index < -0.39 is 11.5 Å². The van der Waals surface area contributed by atoms with Gasteiger partial charge in [0.15, 0.2) is 5.11 Å². The fourth-order valence-corrected chi connectivity index (χ4v) is 3.25. The molecule has 1 aromatic carbocycles. The maximum absolute atomic E-state index is 12.8. The first-order chi connectivity index (χ1) is 11.2. The first-order valence-corrected chi connectivity index (χ1v) is 7.99. The number of nitrogens with zero attached hydrogens (tertiary/aromatic N) is 3. The number of thiocarbonyl (C=S) groups is 1. The molecule has 0 spiro atoms. The van der Waals surface area contributed by atoms with E-state index in [-0.39, 0.29) is 12.3 Å². The number of benzene rings is 1. The van der Waals surface area contributed by atoms with Crippen molar-refractivity contribution in [1.82, 2.24) is 4.90 Å². The van der Waals surface area contributed by atoms with Crippen LogP contribution < -0.4 is 4.90 Å². The molecule has 1 N–H and O–H groups in total. The third-order valence-electron chi connectivity index (χ3n) is 4.18. The van der Waals surface area contributed by atoms with Crippen LogP contribution in [-0.4, -0.2) is 39.1 Å². The first-order valence-electron chi connectivity index (χ1n) is 7.59. The summed E-state index contributed by atoms with van der Waals surface area (Å²) in [5.74, 6) is -1.03. The van der Waals surface area contributed by atoms with Crippen LogP contribution in [0.1, 0.15) is 37.8 Å². The minimum absolute atomic E-state index is 0.0271. The van der Waals surface area contributed by atoms with Gasteiger partial charge in [-0.3, -0.25) is 14.5 Å². The van der Waals surface area contributed by atoms with Crippen molar-refractivity contribution in [3.63, 3.8) is 0 Å². The third kappa shape index (κ3) is 3.10. The standard InChI is InChI=1S/C17H19N3O3S/c1-11-9-13(7-6-12(11)10-18)20-15(23)17(2,3)19(16(20)24)8-4-5-14(21)22/h6-7,9H,4-5,8H2,1-3H3,(H,21,22). The van der Waals surface area contributed by atoms with E-state index in [0.29, 0.717) is 29.3 Å². The van der Waals surface area contributed by atoms with Crippen molar-refractivity contribution in [1.29, 1.82) is 5.26 Å². The van der Waals surface area contributed by atoms with Crippen LogP contribution in [0.2, 0.25) is 0 Å². The number of carbonyl (C=O) groups is 2. The zero-order valence-electron chi connectivity index (χ0n) is 13.9. The van der Waals surface area contributed by atoms with Crippen molar-refractivity contribution in [3.05, 3.63) is 29.3 Å². The van der Waals surface area contributed by atoms with Crippen LogP contribution in [0.25, 0.3) is 0 Å². The molecule has 1 heterocycles. The number of nitriles is 1. The van der Waals surface area contributed by atoms with Gasteiger partial charge in [0.25, 0.3) is 5.91 Å². The van der Waals surface area contributed by atoms with Gasteiger partial charge in [-0.1, -0.05) is 0 Å². The molecule has 1 aromatic rings. The molecule has 24 heavy (non-hydrogen) atoms. The molecule has 1 aliphatic heterocycles. The normalized spacial score (nSPS) is 16.4. The van der Waals surface area contributed by atoms with Gasteiger partial charge in [-0.05, 0) is 63.2 Å². The van der Waals surface area contributed by atoms with E-state index in [1.807, 2.05) is 0 Å². The lowest BCUT2D eigenvalue weighted by atomic mass is 10.0. The maximum atomic E-state index is 12.8. The highest BCUT2D eigenvalue weighted by molar-refractivity contribution is 7.80. The van der Waals surface area contributed by atoms with Crippen molar-refractivity contribution in [2.75, 3.05) is 11.4 Å². The van der Waals surface area contributed by atoms with E-state index in [1.54, 1.807) is 43.9 Å². The lowest BCUT2D eigenvalue weighted by molar-refractivity contribution is -0.137. The Kier molecular flexibility index (Phi) is 4.90. The van der Waals surface area contributed by atoms with Gasteiger partial charge >= 0.3 is 5.97 Å². The second-order valence-corrected chi connectivity index (χ2v) is 6.61. The van der Waals surface area contributed by atoms with Gasteiger partial charge < -0.3 is 10.0 Å². The number of carboxylic acids is 1. The largest absolute Gasteiger partial charge is 0.481 e. The molecule has 0 bridgehead atoms. The molecule has 0 unspecified atom stereocenters. The topological polar surface area (TPSA) is 84.6 Å². The van der Waals surface area contributed by atoms with Crippen molar-refractivity contribution < 1.29 is 14.7 Å². The van der Waals surface area contributed by atoms with Crippen LogP contribution in [0.4, 0.5) is 5.69 Å². The first kappa shape index (κ1) is 17.9. The lowest BCUT2D eigenvalue weighted by Gasteiger charge is -2.29. The number of hydrogen-bond acceptors (Lipinski definition) is 4. The van der Waals surface area contributed by atoms with Crippen molar-refractivity contribution in [2.45, 2.75) is 39.2 Å². The average molecular weight is 345 g/mol. The smallest absolute Gasteiger partial charge is 0.303 e. The summed E-state index contributed by atoms with van der Waals surface area (Å²) in [4.78, 5) is 26.8. The van der Waals surface area contributed by atoms with Crippen LogP contribution in [-0.2, 0) is 9.59 Å². The van der Waals surface area contributed by atoms with E-state index >= 15 is 0 Å². The van der Waals surface area contributed by atoms with E-state index in [2.05, 4.69) is 6.07 Å². The average Bonchev–Trinajstić information content (AvgIpc) is 2.66. The molecule has 1 saturated heterocycles. The summed E-state index contributed by atoms with van der Waals surface area (Å²) in [5.41, 5.74) is 1.11. The zero-order chi connectivity index (χ0) is 18.1. The summed E-state index contributed by atoms with van der Waals surface area (Å²) >= 11 is 5.47. The molecule has 0 radical (unpaired) electrons. The summed E-state index contributed by atoms with van der Waals surface area (Å²) in [7, 11) is 0. The Morgan fingerprint density at radius 2 is 2.08 bits per heavy atom. The molecule has 1 aliphatic rings. The van der Waals surface area contributed by atoms with E-state index in [9.17, 15) is 9.59 Å². The van der Waals surface area contributed by atoms with E-state index in [0.717, 1.165) is 5.56 Å². The van der Waals surface area contributed by atoms with Crippen LogP contribution in [0.5, 0.6) is 0 Å². The lowest BCUT2D eigenvalue weighted by Crippen LogP contribution is -2.44. The van der Waals surface area contributed by atoms with E-state index in [1.165, 1.54) is 4.90 Å². The molecule has 0 aliphatic carbocycles. The van der Waals surface area contributed by atoms with Gasteiger partial charge in [0.05, 0.1) is 17.3 Å². The summed E-state index contributed by atoms with van der Waals surface area (Å²) in [6.07, 6.45) is 0.436. The molecule has 7 heteroatoms. The Labute approximate surface area is 146 Å². The van der Waals surface area contributed by atoms with Gasteiger partial charge in [-0.2, -0.15) is 5.26 Å². The second kappa shape index (κ2) is 6.57. The number of anilines is 1. The zero-order valence-corrected chi connectivity index (χ0v) is 14.7. The monoisotopic (exact) mass is 345 g/mol. The highest BCUT2D eigenvalue weighted by atomic mass is 32.1. The molecule has 1 amide bonds. The Morgan fingerprint density at radius 1 is 1.42 bits per heavy atom. The number of hydrogen-bond donors (Lipinski definition) is 1. The fourth-order valence-electron chi connectivity index (χ4n) is 2.74. The van der Waals surface area contributed by atoms with Gasteiger partial charge in [0, 0.05) is 13.0 Å². The molecule has 1 fully saturated rings. The third-order valence-corrected chi connectivity index (χ3v) is 4.59. The minimum atomic E-state index is -0.871. The molecular weight excluding hydrogens is 326 g/mol. The quantitative estimate of drug-likeness (QED) is 0.825. The number of carbonyl (C=O) groups excluding carboxylic acids is 1. The van der Waals surface area contributed by atoms with Crippen molar-refractivity contribution in [3.8, 4) is 6.07 Å². The Bertz CT molecular complexity index is 752. The highest BCUT2D eigenvalue weighted by Gasteiger charge is 2.49. The predicted molar refractivity (Wildman–Crippen MR) is 93.6 cm³/mol. The van der Waals surface area contributed by atoms with Gasteiger partial charge in [-0.25, -0.2) is 0 Å². The van der Waals surface area contributed by atoms with Gasteiger partial charge in [-0.15, -0.1) is 0 Å². The van der Waals surface area contributed by atoms with Crippen LogP contribution >= 0.6 is 12.2 Å². The summed E-state index contributed by atoms with van der Waals surface area (Å²) in [6, 6.07) is 7.23. The molecule has 2 rings (SSSR count). The molecule has 0 aromatic heterocycles. The van der Waals surface area contributed by atoms with Gasteiger partial charge in [0.1, 0.15) is 5.54 Å². The number of rotatable bonds is 5. The molecule has 0 saturated carbocycles. The Hall–Kier alpha value is -2.46. The number of amides is 1. The second-order valence-electron chi connectivity index (χ2n) is 6.24. The fraction of sp³-hybridized carbons (Fsp3) is 0.412. The van der Waals surface area contributed by atoms with Crippen LogP contribution in [0.15, 0.2) is 18.2 Å². The SMILES string of the molecule is Cc1cc(N2C(=O)C(C)(C)N(CCCC(=O)O)C2=S)ccc1C#N. The van der Waals surface area contributed by atoms with Crippen LogP contribution in [0.3, 0.4) is 0 Å². The number of aliphatic carboxylic acids is 1. The summed E-state index contributed by atoms with van der Waals surface area (Å²) < 4.78 is 0. The molecule has 126 valence electrons. The molecular formula is C17H19N3O3S. The maximum Gasteiger partial charge on any atom is 0.303 e. The Balaban J connectivity index is 2.30.